The van der Waals surface area contributed by atoms with Crippen LogP contribution in [0.5, 0.6) is 5.88 Å². The molecule has 1 aromatic rings. The molecule has 1 rings (SSSR count). The smallest absolute Gasteiger partial charge is 0.422 e. The molecule has 18 heavy (non-hydrogen) atoms. The highest BCUT2D eigenvalue weighted by Gasteiger charge is 2.28. The van der Waals surface area contributed by atoms with Crippen LogP contribution in [0.15, 0.2) is 12.1 Å². The molecule has 0 radical (unpaired) electrons. The van der Waals surface area contributed by atoms with Gasteiger partial charge in [-0.3, -0.25) is 9.63 Å². The lowest BCUT2D eigenvalue weighted by molar-refractivity contribution is -0.154. The maximum absolute atomic E-state index is 11.8. The van der Waals surface area contributed by atoms with Crippen LogP contribution in [0.4, 0.5) is 13.2 Å². The van der Waals surface area contributed by atoms with Crippen LogP contribution in [0.2, 0.25) is 0 Å². The Morgan fingerprint density at radius 2 is 2.06 bits per heavy atom. The van der Waals surface area contributed by atoms with Crippen molar-refractivity contribution in [3.8, 4) is 5.88 Å². The first-order valence-electron chi connectivity index (χ1n) is 4.69. The van der Waals surface area contributed by atoms with Gasteiger partial charge in [-0.15, -0.1) is 10.2 Å². The van der Waals surface area contributed by atoms with Crippen LogP contribution in [0.3, 0.4) is 0 Å². The summed E-state index contributed by atoms with van der Waals surface area (Å²) in [6.07, 6.45) is -4.45. The fraction of sp³-hybridized carbons (Fsp3) is 0.444. The molecule has 0 fully saturated rings. The second-order valence-electron chi connectivity index (χ2n) is 3.15. The summed E-state index contributed by atoms with van der Waals surface area (Å²) in [6, 6.07) is 2.31. The third kappa shape index (κ3) is 4.17. The molecule has 1 heterocycles. The van der Waals surface area contributed by atoms with Crippen molar-refractivity contribution in [3.63, 3.8) is 0 Å². The Hall–Kier alpha value is -1.90. The standard InChI is InChI=1S/C9H10F3N3O3/c1-15(17-2)8(16)6-3-4-7(14-13-6)18-5-9(10,11)12/h3-4H,5H2,1-2H3. The number of rotatable bonds is 4. The van der Waals surface area contributed by atoms with Crippen LogP contribution < -0.4 is 4.74 Å². The first-order valence-corrected chi connectivity index (χ1v) is 4.69. The van der Waals surface area contributed by atoms with Crippen LogP contribution in [0.25, 0.3) is 0 Å². The number of alkyl halides is 3. The van der Waals surface area contributed by atoms with Crippen molar-refractivity contribution >= 4 is 5.91 Å². The van der Waals surface area contributed by atoms with Gasteiger partial charge in [0.05, 0.1) is 7.11 Å². The molecular weight excluding hydrogens is 255 g/mol. The number of aromatic nitrogens is 2. The maximum atomic E-state index is 11.8. The average Bonchev–Trinajstić information content (AvgIpc) is 2.34. The Bertz CT molecular complexity index is 408. The van der Waals surface area contributed by atoms with Gasteiger partial charge in [0.2, 0.25) is 5.88 Å². The molecule has 0 aliphatic heterocycles. The van der Waals surface area contributed by atoms with Crippen molar-refractivity contribution in [2.75, 3.05) is 20.8 Å². The average molecular weight is 265 g/mol. The quantitative estimate of drug-likeness (QED) is 0.761. The van der Waals surface area contributed by atoms with Crippen LogP contribution in [-0.4, -0.2) is 48.1 Å². The minimum atomic E-state index is -4.45. The van der Waals surface area contributed by atoms with E-state index in [1.54, 1.807) is 0 Å². The summed E-state index contributed by atoms with van der Waals surface area (Å²) in [6.45, 7) is -1.47. The molecule has 1 amide bonds. The number of hydrogen-bond donors (Lipinski definition) is 0. The molecule has 0 atom stereocenters. The van der Waals surface area contributed by atoms with E-state index in [1.807, 2.05) is 0 Å². The van der Waals surface area contributed by atoms with Crippen LogP contribution in [0.1, 0.15) is 10.5 Å². The van der Waals surface area contributed by atoms with E-state index in [-0.39, 0.29) is 11.6 Å². The Balaban J connectivity index is 2.66. The van der Waals surface area contributed by atoms with Gasteiger partial charge < -0.3 is 4.74 Å². The highest BCUT2D eigenvalue weighted by Crippen LogP contribution is 2.16. The van der Waals surface area contributed by atoms with Crippen molar-refractivity contribution in [3.05, 3.63) is 17.8 Å². The first-order chi connectivity index (χ1) is 8.33. The second-order valence-corrected chi connectivity index (χ2v) is 3.15. The van der Waals surface area contributed by atoms with Gasteiger partial charge in [-0.05, 0) is 6.07 Å². The minimum Gasteiger partial charge on any atom is -0.467 e. The highest BCUT2D eigenvalue weighted by atomic mass is 19.4. The predicted molar refractivity (Wildman–Crippen MR) is 52.7 cm³/mol. The maximum Gasteiger partial charge on any atom is 0.422 e. The molecule has 6 nitrogen and oxygen atoms in total. The topological polar surface area (TPSA) is 64.5 Å². The number of carbonyl (C=O) groups is 1. The van der Waals surface area contributed by atoms with Crippen molar-refractivity contribution in [1.82, 2.24) is 15.3 Å². The predicted octanol–water partition coefficient (Wildman–Crippen LogP) is 1.05. The number of hydrogen-bond acceptors (Lipinski definition) is 5. The van der Waals surface area contributed by atoms with Gasteiger partial charge in [0, 0.05) is 13.1 Å². The zero-order valence-corrected chi connectivity index (χ0v) is 9.56. The van der Waals surface area contributed by atoms with Crippen LogP contribution >= 0.6 is 0 Å². The summed E-state index contributed by atoms with van der Waals surface area (Å²) < 4.78 is 39.9. The van der Waals surface area contributed by atoms with Crippen molar-refractivity contribution < 1.29 is 27.5 Å². The van der Waals surface area contributed by atoms with Gasteiger partial charge in [-0.2, -0.15) is 13.2 Å². The van der Waals surface area contributed by atoms with Crippen molar-refractivity contribution in [2.24, 2.45) is 0 Å². The lowest BCUT2D eigenvalue weighted by Gasteiger charge is -2.12. The number of hydroxylamine groups is 2. The monoisotopic (exact) mass is 265 g/mol. The van der Waals surface area contributed by atoms with E-state index in [9.17, 15) is 18.0 Å². The zero-order chi connectivity index (χ0) is 13.8. The van der Waals surface area contributed by atoms with E-state index in [4.69, 9.17) is 0 Å². The largest absolute Gasteiger partial charge is 0.467 e. The van der Waals surface area contributed by atoms with Gasteiger partial charge in [-0.1, -0.05) is 0 Å². The van der Waals surface area contributed by atoms with E-state index in [1.165, 1.54) is 20.2 Å². The molecule has 1 aromatic heterocycles. The minimum absolute atomic E-state index is 0.0706. The highest BCUT2D eigenvalue weighted by molar-refractivity contribution is 5.91. The second kappa shape index (κ2) is 5.63. The molecule has 0 aliphatic carbocycles. The Kier molecular flexibility index (Phi) is 4.43. The normalized spacial score (nSPS) is 11.2. The van der Waals surface area contributed by atoms with E-state index >= 15 is 0 Å². The third-order valence-corrected chi connectivity index (χ3v) is 1.80. The molecular formula is C9H10F3N3O3. The van der Waals surface area contributed by atoms with Gasteiger partial charge in [0.15, 0.2) is 12.3 Å². The van der Waals surface area contributed by atoms with Crippen LogP contribution in [0, 0.1) is 0 Å². The molecule has 0 saturated heterocycles. The van der Waals surface area contributed by atoms with E-state index < -0.39 is 18.7 Å². The van der Waals surface area contributed by atoms with Crippen molar-refractivity contribution in [1.29, 1.82) is 0 Å². The fourth-order valence-corrected chi connectivity index (χ4v) is 0.911. The van der Waals surface area contributed by atoms with Crippen LogP contribution in [-0.2, 0) is 4.84 Å². The molecule has 0 saturated carbocycles. The summed E-state index contributed by atoms with van der Waals surface area (Å²) in [7, 11) is 2.64. The number of ether oxygens (including phenoxy) is 1. The van der Waals surface area contributed by atoms with E-state index in [0.717, 1.165) is 11.1 Å². The van der Waals surface area contributed by atoms with Gasteiger partial charge in [-0.25, -0.2) is 5.06 Å². The first kappa shape index (κ1) is 14.2. The molecule has 0 unspecified atom stereocenters. The zero-order valence-electron chi connectivity index (χ0n) is 9.56. The van der Waals surface area contributed by atoms with Gasteiger partial charge in [0.25, 0.3) is 5.91 Å². The summed E-state index contributed by atoms with van der Waals surface area (Å²) in [5.74, 6) is -0.892. The third-order valence-electron chi connectivity index (χ3n) is 1.80. The Morgan fingerprint density at radius 3 is 2.50 bits per heavy atom. The number of amides is 1. The number of carbonyl (C=O) groups excluding carboxylic acids is 1. The lowest BCUT2D eigenvalue weighted by atomic mass is 10.3. The van der Waals surface area contributed by atoms with Gasteiger partial charge >= 0.3 is 6.18 Å². The summed E-state index contributed by atoms with van der Waals surface area (Å²) in [5, 5.41) is 7.68. The molecule has 0 N–H and O–H groups in total. The SMILES string of the molecule is CON(C)C(=O)c1ccc(OCC(F)(F)F)nn1. The van der Waals surface area contributed by atoms with E-state index in [0.29, 0.717) is 0 Å². The lowest BCUT2D eigenvalue weighted by Crippen LogP contribution is -2.26. The summed E-state index contributed by atoms with van der Waals surface area (Å²) in [4.78, 5) is 16.1. The number of halogens is 3. The Labute approximate surface area is 100 Å². The van der Waals surface area contributed by atoms with Crippen molar-refractivity contribution in [2.45, 2.75) is 6.18 Å². The number of nitrogens with zero attached hydrogens (tertiary/aromatic N) is 3. The van der Waals surface area contributed by atoms with Gasteiger partial charge in [0.1, 0.15) is 0 Å². The fourth-order valence-electron chi connectivity index (χ4n) is 0.911. The Morgan fingerprint density at radius 1 is 1.39 bits per heavy atom. The molecule has 0 bridgehead atoms. The summed E-state index contributed by atoms with van der Waals surface area (Å²) >= 11 is 0. The molecule has 100 valence electrons. The molecule has 0 spiro atoms. The van der Waals surface area contributed by atoms with E-state index in [2.05, 4.69) is 19.8 Å². The molecule has 0 aromatic carbocycles. The molecule has 9 heteroatoms. The molecule has 0 aliphatic rings. The summed E-state index contributed by atoms with van der Waals surface area (Å²) in [5.41, 5.74) is -0.0706.